The molecule has 1 atom stereocenters. The molecule has 0 saturated heterocycles. The number of aliphatic hydroxyl groups is 1. The van der Waals surface area contributed by atoms with Crippen molar-refractivity contribution in [3.63, 3.8) is 0 Å². The summed E-state index contributed by atoms with van der Waals surface area (Å²) in [6.45, 7) is 2.04. The Kier molecular flexibility index (Phi) is 3.82. The highest BCUT2D eigenvalue weighted by Crippen LogP contribution is 2.19. The minimum absolute atomic E-state index is 0.461. The Morgan fingerprint density at radius 1 is 1.00 bits per heavy atom. The predicted molar refractivity (Wildman–Crippen MR) is 71.3 cm³/mol. The first-order chi connectivity index (χ1) is 8.15. The minimum atomic E-state index is -0.461. The van der Waals surface area contributed by atoms with Gasteiger partial charge in [-0.15, -0.1) is 0 Å². The Morgan fingerprint density at radius 2 is 1.59 bits per heavy atom. The van der Waals surface area contributed by atoms with Gasteiger partial charge in [0, 0.05) is 11.4 Å². The predicted octanol–water partition coefficient (Wildman–Crippen LogP) is 3.92. The standard InChI is InChI=1S/C15H15ClO/c1-11-2-6-13(7-3-11)15(17)10-12-4-8-14(16)9-5-12/h2-9,15,17H,10H2,1H3. The van der Waals surface area contributed by atoms with Crippen LogP contribution < -0.4 is 0 Å². The molecule has 0 fully saturated rings. The van der Waals surface area contributed by atoms with Gasteiger partial charge in [0.1, 0.15) is 0 Å². The summed E-state index contributed by atoms with van der Waals surface area (Å²) in [5, 5.41) is 10.8. The van der Waals surface area contributed by atoms with Gasteiger partial charge in [-0.3, -0.25) is 0 Å². The summed E-state index contributed by atoms with van der Waals surface area (Å²) in [5.74, 6) is 0. The molecule has 0 radical (unpaired) electrons. The number of aliphatic hydroxyl groups excluding tert-OH is 1. The van der Waals surface area contributed by atoms with Crippen LogP contribution in [0.15, 0.2) is 48.5 Å². The molecule has 2 aromatic rings. The van der Waals surface area contributed by atoms with Gasteiger partial charge in [-0.1, -0.05) is 53.6 Å². The average molecular weight is 247 g/mol. The van der Waals surface area contributed by atoms with Crippen LogP contribution in [-0.2, 0) is 6.42 Å². The molecule has 88 valence electrons. The van der Waals surface area contributed by atoms with Crippen LogP contribution in [0.2, 0.25) is 5.02 Å². The highest BCUT2D eigenvalue weighted by Gasteiger charge is 2.08. The summed E-state index contributed by atoms with van der Waals surface area (Å²) in [6, 6.07) is 15.5. The zero-order chi connectivity index (χ0) is 12.3. The number of aryl methyl sites for hydroxylation is 1. The lowest BCUT2D eigenvalue weighted by Crippen LogP contribution is -2.01. The lowest BCUT2D eigenvalue weighted by molar-refractivity contribution is 0.178. The van der Waals surface area contributed by atoms with E-state index in [9.17, 15) is 5.11 Å². The fourth-order valence-corrected chi connectivity index (χ4v) is 1.88. The van der Waals surface area contributed by atoms with Gasteiger partial charge >= 0.3 is 0 Å². The zero-order valence-electron chi connectivity index (χ0n) is 9.73. The maximum Gasteiger partial charge on any atom is 0.0830 e. The molecule has 0 aliphatic heterocycles. The molecule has 0 aromatic heterocycles. The Balaban J connectivity index is 2.08. The Labute approximate surface area is 107 Å². The summed E-state index contributed by atoms with van der Waals surface area (Å²) in [4.78, 5) is 0. The van der Waals surface area contributed by atoms with E-state index < -0.39 is 6.10 Å². The van der Waals surface area contributed by atoms with Crippen molar-refractivity contribution >= 4 is 11.6 Å². The summed E-state index contributed by atoms with van der Waals surface area (Å²) >= 11 is 5.82. The van der Waals surface area contributed by atoms with E-state index in [0.717, 1.165) is 16.1 Å². The molecule has 2 heteroatoms. The summed E-state index contributed by atoms with van der Waals surface area (Å²) in [7, 11) is 0. The van der Waals surface area contributed by atoms with E-state index in [0.29, 0.717) is 6.42 Å². The van der Waals surface area contributed by atoms with Crippen molar-refractivity contribution in [3.05, 3.63) is 70.2 Å². The zero-order valence-corrected chi connectivity index (χ0v) is 10.5. The second-order valence-corrected chi connectivity index (χ2v) is 4.69. The molecule has 0 aliphatic rings. The topological polar surface area (TPSA) is 20.2 Å². The van der Waals surface area contributed by atoms with Crippen LogP contribution in [0.3, 0.4) is 0 Å². The Morgan fingerprint density at radius 3 is 2.18 bits per heavy atom. The van der Waals surface area contributed by atoms with Gasteiger partial charge in [0.05, 0.1) is 6.10 Å². The van der Waals surface area contributed by atoms with Crippen molar-refractivity contribution in [3.8, 4) is 0 Å². The van der Waals surface area contributed by atoms with E-state index >= 15 is 0 Å². The van der Waals surface area contributed by atoms with Gasteiger partial charge in [0.15, 0.2) is 0 Å². The van der Waals surface area contributed by atoms with Gasteiger partial charge in [-0.2, -0.15) is 0 Å². The smallest absolute Gasteiger partial charge is 0.0830 e. The number of halogens is 1. The first-order valence-corrected chi connectivity index (χ1v) is 6.02. The van der Waals surface area contributed by atoms with Gasteiger partial charge < -0.3 is 5.11 Å². The van der Waals surface area contributed by atoms with Crippen LogP contribution in [0.4, 0.5) is 0 Å². The molecular weight excluding hydrogens is 232 g/mol. The third-order valence-corrected chi connectivity index (χ3v) is 3.06. The highest BCUT2D eigenvalue weighted by molar-refractivity contribution is 6.30. The van der Waals surface area contributed by atoms with Crippen LogP contribution in [0, 0.1) is 6.92 Å². The summed E-state index contributed by atoms with van der Waals surface area (Å²) in [5.41, 5.74) is 3.24. The average Bonchev–Trinajstić information content (AvgIpc) is 2.33. The summed E-state index contributed by atoms with van der Waals surface area (Å²) < 4.78 is 0. The Hall–Kier alpha value is -1.31. The SMILES string of the molecule is Cc1ccc(C(O)Cc2ccc(Cl)cc2)cc1. The van der Waals surface area contributed by atoms with Crippen molar-refractivity contribution in [1.29, 1.82) is 0 Å². The molecule has 0 spiro atoms. The molecule has 1 nitrogen and oxygen atoms in total. The molecule has 0 aliphatic carbocycles. The first-order valence-electron chi connectivity index (χ1n) is 5.64. The largest absolute Gasteiger partial charge is 0.388 e. The fourth-order valence-electron chi connectivity index (χ4n) is 1.75. The second-order valence-electron chi connectivity index (χ2n) is 4.26. The molecule has 0 bridgehead atoms. The van der Waals surface area contributed by atoms with E-state index in [1.807, 2.05) is 55.5 Å². The van der Waals surface area contributed by atoms with E-state index in [1.54, 1.807) is 0 Å². The number of rotatable bonds is 3. The van der Waals surface area contributed by atoms with Crippen molar-refractivity contribution in [2.24, 2.45) is 0 Å². The van der Waals surface area contributed by atoms with Gasteiger partial charge in [0.2, 0.25) is 0 Å². The number of hydrogen-bond donors (Lipinski definition) is 1. The maximum atomic E-state index is 10.1. The van der Waals surface area contributed by atoms with Crippen molar-refractivity contribution in [2.45, 2.75) is 19.4 Å². The number of benzene rings is 2. The number of hydrogen-bond acceptors (Lipinski definition) is 1. The Bertz CT molecular complexity index is 473. The second kappa shape index (κ2) is 5.35. The highest BCUT2D eigenvalue weighted by atomic mass is 35.5. The molecule has 0 heterocycles. The quantitative estimate of drug-likeness (QED) is 0.870. The van der Waals surface area contributed by atoms with Crippen LogP contribution in [0.5, 0.6) is 0 Å². The third-order valence-electron chi connectivity index (χ3n) is 2.80. The van der Waals surface area contributed by atoms with Gasteiger partial charge in [-0.05, 0) is 30.2 Å². The third kappa shape index (κ3) is 3.32. The minimum Gasteiger partial charge on any atom is -0.388 e. The van der Waals surface area contributed by atoms with Crippen LogP contribution in [0.25, 0.3) is 0 Å². The fraction of sp³-hybridized carbons (Fsp3) is 0.200. The van der Waals surface area contributed by atoms with Crippen molar-refractivity contribution in [1.82, 2.24) is 0 Å². The molecule has 2 rings (SSSR count). The molecule has 2 aromatic carbocycles. The van der Waals surface area contributed by atoms with E-state index in [2.05, 4.69) is 0 Å². The molecule has 17 heavy (non-hydrogen) atoms. The molecular formula is C15H15ClO. The summed E-state index contributed by atoms with van der Waals surface area (Å²) in [6.07, 6.45) is 0.150. The van der Waals surface area contributed by atoms with Crippen LogP contribution >= 0.6 is 11.6 Å². The lowest BCUT2D eigenvalue weighted by Gasteiger charge is -2.11. The monoisotopic (exact) mass is 246 g/mol. The van der Waals surface area contributed by atoms with Gasteiger partial charge in [-0.25, -0.2) is 0 Å². The lowest BCUT2D eigenvalue weighted by atomic mass is 10.0. The van der Waals surface area contributed by atoms with E-state index in [4.69, 9.17) is 11.6 Å². The molecule has 0 saturated carbocycles. The van der Waals surface area contributed by atoms with Crippen LogP contribution in [-0.4, -0.2) is 5.11 Å². The molecule has 0 amide bonds. The van der Waals surface area contributed by atoms with Crippen LogP contribution in [0.1, 0.15) is 22.8 Å². The van der Waals surface area contributed by atoms with E-state index in [-0.39, 0.29) is 0 Å². The normalized spacial score (nSPS) is 12.4. The molecule has 1 unspecified atom stereocenters. The maximum absolute atomic E-state index is 10.1. The van der Waals surface area contributed by atoms with Gasteiger partial charge in [0.25, 0.3) is 0 Å². The van der Waals surface area contributed by atoms with Crippen molar-refractivity contribution in [2.75, 3.05) is 0 Å². The first kappa shape index (κ1) is 12.2. The van der Waals surface area contributed by atoms with E-state index in [1.165, 1.54) is 5.56 Å². The molecule has 1 N–H and O–H groups in total. The van der Waals surface area contributed by atoms with Crippen molar-refractivity contribution < 1.29 is 5.11 Å².